The Morgan fingerprint density at radius 3 is 2.53 bits per heavy atom. The molecule has 0 aromatic carbocycles. The van der Waals surface area contributed by atoms with Crippen LogP contribution < -0.4 is 5.32 Å². The molecule has 19 heavy (non-hydrogen) atoms. The van der Waals surface area contributed by atoms with Gasteiger partial charge in [0, 0.05) is 6.54 Å². The van der Waals surface area contributed by atoms with Crippen molar-refractivity contribution < 1.29 is 9.53 Å². The number of aromatic nitrogens is 1. The van der Waals surface area contributed by atoms with Gasteiger partial charge in [0.25, 0.3) is 0 Å². The summed E-state index contributed by atoms with van der Waals surface area (Å²) in [5, 5.41) is 3.33. The second kappa shape index (κ2) is 6.04. The summed E-state index contributed by atoms with van der Waals surface area (Å²) in [7, 11) is 1.37. The molecule has 1 aromatic heterocycles. The molecule has 0 saturated carbocycles. The molecule has 1 rings (SSSR count). The van der Waals surface area contributed by atoms with E-state index in [0.717, 1.165) is 12.4 Å². The van der Waals surface area contributed by atoms with E-state index < -0.39 is 0 Å². The van der Waals surface area contributed by atoms with E-state index in [1.54, 1.807) is 6.07 Å². The third-order valence-electron chi connectivity index (χ3n) is 3.78. The third-order valence-corrected chi connectivity index (χ3v) is 3.78. The Bertz CT molecular complexity index is 453. The molecule has 0 amide bonds. The van der Waals surface area contributed by atoms with Crippen LogP contribution in [0.15, 0.2) is 12.1 Å². The number of ether oxygens (including phenoxy) is 1. The van der Waals surface area contributed by atoms with Crippen LogP contribution in [0, 0.1) is 18.3 Å². The van der Waals surface area contributed by atoms with E-state index in [4.69, 9.17) is 4.74 Å². The molecule has 4 heteroatoms. The normalized spacial score (nSPS) is 11.5. The number of rotatable bonds is 5. The first-order chi connectivity index (χ1) is 8.77. The lowest BCUT2D eigenvalue weighted by molar-refractivity contribution is 0.0599. The van der Waals surface area contributed by atoms with Crippen molar-refractivity contribution in [3.63, 3.8) is 0 Å². The number of anilines is 1. The molecular weight excluding hydrogens is 240 g/mol. The first kappa shape index (κ1) is 15.5. The van der Waals surface area contributed by atoms with Crippen LogP contribution in [0.2, 0.25) is 0 Å². The van der Waals surface area contributed by atoms with E-state index >= 15 is 0 Å². The molecule has 0 unspecified atom stereocenters. The smallest absolute Gasteiger partial charge is 0.339 e. The lowest BCUT2D eigenvalue weighted by Crippen LogP contribution is -2.28. The average molecular weight is 264 g/mol. The summed E-state index contributed by atoms with van der Waals surface area (Å²) in [5.41, 5.74) is 1.38. The Morgan fingerprint density at radius 1 is 1.42 bits per heavy atom. The van der Waals surface area contributed by atoms with Crippen LogP contribution in [0.25, 0.3) is 0 Å². The maximum absolute atomic E-state index is 11.5. The highest BCUT2D eigenvalue weighted by molar-refractivity contribution is 5.90. The van der Waals surface area contributed by atoms with Crippen LogP contribution in [0.5, 0.6) is 0 Å². The lowest BCUT2D eigenvalue weighted by atomic mass is 9.81. The van der Waals surface area contributed by atoms with Crippen molar-refractivity contribution in [2.24, 2.45) is 11.3 Å². The Kier molecular flexibility index (Phi) is 4.92. The van der Waals surface area contributed by atoms with Crippen LogP contribution in [0.3, 0.4) is 0 Å². The zero-order valence-corrected chi connectivity index (χ0v) is 12.7. The Hall–Kier alpha value is -1.58. The molecule has 0 saturated heterocycles. The predicted molar refractivity (Wildman–Crippen MR) is 77.4 cm³/mol. The van der Waals surface area contributed by atoms with Gasteiger partial charge in [-0.05, 0) is 30.4 Å². The minimum absolute atomic E-state index is 0.191. The minimum Gasteiger partial charge on any atom is -0.465 e. The SMILES string of the molecule is COC(=O)c1ccc(NCC(C)(C)C(C)C)nc1C. The largest absolute Gasteiger partial charge is 0.465 e. The Balaban J connectivity index is 2.77. The number of pyridine rings is 1. The molecule has 1 heterocycles. The van der Waals surface area contributed by atoms with Gasteiger partial charge < -0.3 is 10.1 Å². The van der Waals surface area contributed by atoms with Gasteiger partial charge in [-0.1, -0.05) is 27.7 Å². The van der Waals surface area contributed by atoms with Gasteiger partial charge in [-0.25, -0.2) is 9.78 Å². The highest BCUT2D eigenvalue weighted by atomic mass is 16.5. The zero-order chi connectivity index (χ0) is 14.6. The zero-order valence-electron chi connectivity index (χ0n) is 12.7. The summed E-state index contributed by atoms with van der Waals surface area (Å²) >= 11 is 0. The molecule has 0 radical (unpaired) electrons. The molecule has 4 nitrogen and oxygen atoms in total. The van der Waals surface area contributed by atoms with Crippen molar-refractivity contribution in [3.8, 4) is 0 Å². The van der Waals surface area contributed by atoms with E-state index in [1.807, 2.05) is 13.0 Å². The quantitative estimate of drug-likeness (QED) is 0.829. The number of carbonyl (C=O) groups is 1. The van der Waals surface area contributed by atoms with Crippen LogP contribution >= 0.6 is 0 Å². The number of nitrogens with one attached hydrogen (secondary N) is 1. The van der Waals surface area contributed by atoms with Crippen LogP contribution in [0.1, 0.15) is 43.7 Å². The van der Waals surface area contributed by atoms with Gasteiger partial charge in [0.05, 0.1) is 18.4 Å². The van der Waals surface area contributed by atoms with E-state index in [9.17, 15) is 4.79 Å². The van der Waals surface area contributed by atoms with Crippen molar-refractivity contribution >= 4 is 11.8 Å². The number of hydrogen-bond acceptors (Lipinski definition) is 4. The third kappa shape index (κ3) is 3.94. The Labute approximate surface area is 115 Å². The van der Waals surface area contributed by atoms with Crippen LogP contribution in [-0.4, -0.2) is 24.6 Å². The number of aryl methyl sites for hydroxylation is 1. The summed E-state index contributed by atoms with van der Waals surface area (Å²) < 4.78 is 4.70. The van der Waals surface area contributed by atoms with Crippen molar-refractivity contribution in [1.29, 1.82) is 0 Å². The second-order valence-corrected chi connectivity index (χ2v) is 5.82. The summed E-state index contributed by atoms with van der Waals surface area (Å²) in [4.78, 5) is 15.9. The first-order valence-corrected chi connectivity index (χ1v) is 6.57. The number of carbonyl (C=O) groups excluding carboxylic acids is 1. The summed E-state index contributed by atoms with van der Waals surface area (Å²) in [5.74, 6) is 1.02. The first-order valence-electron chi connectivity index (χ1n) is 6.57. The summed E-state index contributed by atoms with van der Waals surface area (Å²) in [6, 6.07) is 3.56. The molecule has 0 aliphatic carbocycles. The maximum Gasteiger partial charge on any atom is 0.339 e. The van der Waals surface area contributed by atoms with Crippen molar-refractivity contribution in [2.75, 3.05) is 19.0 Å². The highest BCUT2D eigenvalue weighted by Gasteiger charge is 2.22. The van der Waals surface area contributed by atoms with Crippen molar-refractivity contribution in [2.45, 2.75) is 34.6 Å². The molecule has 0 atom stereocenters. The van der Waals surface area contributed by atoms with Crippen molar-refractivity contribution in [1.82, 2.24) is 4.98 Å². The molecule has 106 valence electrons. The van der Waals surface area contributed by atoms with E-state index in [1.165, 1.54) is 7.11 Å². The fourth-order valence-electron chi connectivity index (χ4n) is 1.51. The van der Waals surface area contributed by atoms with Crippen molar-refractivity contribution in [3.05, 3.63) is 23.4 Å². The van der Waals surface area contributed by atoms with Crippen LogP contribution in [-0.2, 0) is 4.74 Å². The predicted octanol–water partition coefficient (Wildman–Crippen LogP) is 3.27. The van der Waals surface area contributed by atoms with Gasteiger partial charge in [0.15, 0.2) is 0 Å². The molecule has 0 aliphatic rings. The number of methoxy groups -OCH3 is 1. The molecule has 1 aromatic rings. The Morgan fingerprint density at radius 2 is 2.05 bits per heavy atom. The van der Waals surface area contributed by atoms with Gasteiger partial charge in [0.1, 0.15) is 5.82 Å². The van der Waals surface area contributed by atoms with Gasteiger partial charge in [0.2, 0.25) is 0 Å². The summed E-state index contributed by atoms with van der Waals surface area (Å²) in [6.45, 7) is 11.5. The summed E-state index contributed by atoms with van der Waals surface area (Å²) in [6.07, 6.45) is 0. The van der Waals surface area contributed by atoms with Gasteiger partial charge in [-0.15, -0.1) is 0 Å². The van der Waals surface area contributed by atoms with Gasteiger partial charge in [-0.3, -0.25) is 0 Å². The fraction of sp³-hybridized carbons (Fsp3) is 0.600. The standard InChI is InChI=1S/C15H24N2O2/c1-10(2)15(4,5)9-16-13-8-7-12(11(3)17-13)14(18)19-6/h7-8,10H,9H2,1-6H3,(H,16,17). The lowest BCUT2D eigenvalue weighted by Gasteiger charge is -2.29. The van der Waals surface area contributed by atoms with E-state index in [0.29, 0.717) is 17.2 Å². The van der Waals surface area contributed by atoms with E-state index in [2.05, 4.69) is 38.0 Å². The van der Waals surface area contributed by atoms with E-state index in [-0.39, 0.29) is 11.4 Å². The fourth-order valence-corrected chi connectivity index (χ4v) is 1.51. The second-order valence-electron chi connectivity index (χ2n) is 5.82. The molecule has 0 fully saturated rings. The van der Waals surface area contributed by atoms with Crippen LogP contribution in [0.4, 0.5) is 5.82 Å². The number of hydrogen-bond donors (Lipinski definition) is 1. The maximum atomic E-state index is 11.5. The highest BCUT2D eigenvalue weighted by Crippen LogP contribution is 2.26. The number of nitrogens with zero attached hydrogens (tertiary/aromatic N) is 1. The van der Waals surface area contributed by atoms with Gasteiger partial charge >= 0.3 is 5.97 Å². The minimum atomic E-state index is -0.348. The molecule has 0 spiro atoms. The molecular formula is C15H24N2O2. The van der Waals surface area contributed by atoms with Gasteiger partial charge in [-0.2, -0.15) is 0 Å². The topological polar surface area (TPSA) is 51.2 Å². The average Bonchev–Trinajstić information content (AvgIpc) is 2.35. The molecule has 1 N–H and O–H groups in total. The molecule has 0 bridgehead atoms. The number of esters is 1. The monoisotopic (exact) mass is 264 g/mol. The molecule has 0 aliphatic heterocycles.